The van der Waals surface area contributed by atoms with Gasteiger partial charge in [0.05, 0.1) is 0 Å². The number of anilines is 7. The molecule has 0 bridgehead atoms. The number of rotatable bonds is 7. The first-order valence-corrected chi connectivity index (χ1v) is 22.1. The van der Waals surface area contributed by atoms with Crippen LogP contribution in [0.2, 0.25) is 0 Å². The Kier molecular flexibility index (Phi) is 9.25. The van der Waals surface area contributed by atoms with Gasteiger partial charge in [0, 0.05) is 11.1 Å². The van der Waals surface area contributed by atoms with Gasteiger partial charge < -0.3 is 0 Å². The average molecular weight is 867 g/mol. The molecule has 7 aromatic carbocycles. The van der Waals surface area contributed by atoms with Crippen LogP contribution in [0, 0.1) is 0 Å². The summed E-state index contributed by atoms with van der Waals surface area (Å²) >= 11 is -0.578. The summed E-state index contributed by atoms with van der Waals surface area (Å²) in [4.78, 5) is 11.9. The van der Waals surface area contributed by atoms with Crippen molar-refractivity contribution >= 4 is 68.1 Å². The summed E-state index contributed by atoms with van der Waals surface area (Å²) in [5, 5.41) is 0. The van der Waals surface area contributed by atoms with E-state index in [0.29, 0.717) is 6.67 Å². The summed E-state index contributed by atoms with van der Waals surface area (Å²) < 4.78 is 9.51. The van der Waals surface area contributed by atoms with Crippen LogP contribution in [0.25, 0.3) is 22.3 Å². The molecule has 0 amide bonds. The molecule has 282 valence electrons. The van der Waals surface area contributed by atoms with E-state index in [1.165, 1.54) is 52.1 Å². The third-order valence-corrected chi connectivity index (χ3v) is 14.1. The van der Waals surface area contributed by atoms with Gasteiger partial charge in [0.15, 0.2) is 0 Å². The van der Waals surface area contributed by atoms with Crippen LogP contribution in [-0.4, -0.2) is 32.6 Å². The molecule has 0 aliphatic carbocycles. The summed E-state index contributed by atoms with van der Waals surface area (Å²) in [6.07, 6.45) is 1.86. The molecule has 2 aliphatic rings. The molecule has 1 aromatic heterocycles. The maximum Gasteiger partial charge on any atom is 0.00638 e. The molecule has 0 unspecified atom stereocenters. The number of hydrogen-bond donors (Lipinski definition) is 0. The molecular weight excluding hydrogens is 824 g/mol. The number of aromatic nitrogens is 1. The summed E-state index contributed by atoms with van der Waals surface area (Å²) in [5.74, 6) is 2.49. The third-order valence-electron chi connectivity index (χ3n) is 10.9. The van der Waals surface area contributed by atoms with Crippen LogP contribution in [-0.2, 0) is 5.41 Å². The molecule has 0 spiro atoms. The number of ether oxygens (including phenoxy) is 1. The van der Waals surface area contributed by atoms with Crippen LogP contribution >= 0.6 is 0 Å². The van der Waals surface area contributed by atoms with Gasteiger partial charge in [-0.1, -0.05) is 87.5 Å². The average Bonchev–Trinajstić information content (AvgIpc) is 3.65. The van der Waals surface area contributed by atoms with Gasteiger partial charge in [-0.15, -0.1) is 0 Å². The van der Waals surface area contributed by atoms with E-state index < -0.39 is 20.9 Å². The van der Waals surface area contributed by atoms with E-state index in [2.05, 4.69) is 205 Å². The molecule has 0 fully saturated rings. The number of nitrogens with zero attached hydrogens (tertiary/aromatic N) is 4. The fourth-order valence-corrected chi connectivity index (χ4v) is 11.0. The van der Waals surface area contributed by atoms with Crippen molar-refractivity contribution in [3.8, 4) is 33.8 Å². The number of hydrogen-bond acceptors (Lipinski definition) is 5. The van der Waals surface area contributed by atoms with Crippen LogP contribution < -0.4 is 26.7 Å². The van der Waals surface area contributed by atoms with E-state index in [-0.39, 0.29) is 5.41 Å². The normalized spacial score (nSPS) is 13.2. The van der Waals surface area contributed by atoms with E-state index in [0.717, 1.165) is 34.4 Å². The molecule has 3 heterocycles. The van der Waals surface area contributed by atoms with Gasteiger partial charge in [0.25, 0.3) is 0 Å². The smallest absolute Gasteiger partial charge is 0.00638 e. The molecule has 58 heavy (non-hydrogen) atoms. The number of fused-ring (bicyclic) bond motifs is 3. The van der Waals surface area contributed by atoms with Gasteiger partial charge in [-0.2, -0.15) is 0 Å². The third kappa shape index (κ3) is 6.69. The largest absolute Gasteiger partial charge is 0.0622 e. The maximum atomic E-state index is 6.74. The van der Waals surface area contributed by atoms with Crippen molar-refractivity contribution < 1.29 is 4.74 Å². The van der Waals surface area contributed by atoms with Crippen molar-refractivity contribution in [2.45, 2.75) is 26.2 Å². The van der Waals surface area contributed by atoms with Gasteiger partial charge in [-0.25, -0.2) is 0 Å². The quantitative estimate of drug-likeness (QED) is 0.149. The first kappa shape index (κ1) is 36.0. The van der Waals surface area contributed by atoms with Gasteiger partial charge in [-0.3, -0.25) is 0 Å². The molecule has 0 saturated carbocycles. The molecule has 0 radical (unpaired) electrons. The standard InChI is InChI=1S/C52H42N4OTe/c1-52(2,3)38-31-42(36-17-6-4-7-18-36)51(43(32-38)37-19-8-5-9-20-37)55-35-54(44-23-10-11-24-45(44)55)39-21-16-22-40(33-39)57-41-28-29-49-47(34-41)56(50-27-14-15-30-53-50)46-25-12-13-26-48(46)58-49/h4-34H,35H2,1-3H3. The topological polar surface area (TPSA) is 31.8 Å². The molecule has 8 aromatic rings. The van der Waals surface area contributed by atoms with Crippen molar-refractivity contribution in [1.82, 2.24) is 4.98 Å². The second-order valence-corrected chi connectivity index (χ2v) is 18.8. The Labute approximate surface area is 350 Å². The molecule has 0 saturated heterocycles. The Bertz CT molecular complexity index is 2710. The molecule has 6 heteroatoms. The molecule has 0 N–H and O–H groups in total. The fourth-order valence-electron chi connectivity index (χ4n) is 8.04. The van der Waals surface area contributed by atoms with Crippen molar-refractivity contribution in [2.24, 2.45) is 0 Å². The molecule has 10 rings (SSSR count). The zero-order chi connectivity index (χ0) is 39.2. The van der Waals surface area contributed by atoms with Crippen LogP contribution in [0.3, 0.4) is 0 Å². The summed E-state index contributed by atoms with van der Waals surface area (Å²) in [6, 6.07) is 65.1. The van der Waals surface area contributed by atoms with E-state index >= 15 is 0 Å². The minimum atomic E-state index is -0.578. The zero-order valence-corrected chi connectivity index (χ0v) is 35.0. The second-order valence-electron chi connectivity index (χ2n) is 15.7. The predicted octanol–water partition coefficient (Wildman–Crippen LogP) is 12.2. The van der Waals surface area contributed by atoms with E-state index in [4.69, 9.17) is 9.72 Å². The summed E-state index contributed by atoms with van der Waals surface area (Å²) in [6.45, 7) is 7.54. The second kappa shape index (κ2) is 14.9. The molecule has 2 aliphatic heterocycles. The van der Waals surface area contributed by atoms with Gasteiger partial charge in [-0.05, 0) is 34.2 Å². The maximum absolute atomic E-state index is 6.74. The summed E-state index contributed by atoms with van der Waals surface area (Å²) in [7, 11) is 0. The monoisotopic (exact) mass is 868 g/mol. The molecule has 5 nitrogen and oxygen atoms in total. The SMILES string of the molecule is CC(C)(C)c1cc(-c2ccccc2)c(N2CN(c3cccc(Oc4ccc5c(c4)N(c4ccccn4)c4ccccc4[Te]5)c3)c3ccccc32)c(-c2ccccc2)c1. The number of para-hydroxylation sites is 3. The van der Waals surface area contributed by atoms with Crippen molar-refractivity contribution in [3.05, 3.63) is 194 Å². The first-order chi connectivity index (χ1) is 28.4. The van der Waals surface area contributed by atoms with Gasteiger partial charge in [0.2, 0.25) is 0 Å². The van der Waals surface area contributed by atoms with Gasteiger partial charge >= 0.3 is 220 Å². The van der Waals surface area contributed by atoms with Crippen LogP contribution in [0.15, 0.2) is 188 Å². The number of pyridine rings is 1. The van der Waals surface area contributed by atoms with Crippen molar-refractivity contribution in [3.63, 3.8) is 0 Å². The van der Waals surface area contributed by atoms with Crippen LogP contribution in [0.1, 0.15) is 26.3 Å². The van der Waals surface area contributed by atoms with E-state index in [9.17, 15) is 0 Å². The minimum Gasteiger partial charge on any atom is -0.0622 e. The van der Waals surface area contributed by atoms with E-state index in [1.54, 1.807) is 0 Å². The van der Waals surface area contributed by atoms with Crippen LogP contribution in [0.4, 0.5) is 39.9 Å². The Morgan fingerprint density at radius 2 is 1.12 bits per heavy atom. The minimum absolute atomic E-state index is 0.0396. The molecule has 0 atom stereocenters. The predicted molar refractivity (Wildman–Crippen MR) is 242 cm³/mol. The zero-order valence-electron chi connectivity index (χ0n) is 32.7. The first-order valence-electron chi connectivity index (χ1n) is 19.7. The van der Waals surface area contributed by atoms with Crippen molar-refractivity contribution in [1.29, 1.82) is 0 Å². The molecular formula is C52H42N4OTe. The Morgan fingerprint density at radius 3 is 1.79 bits per heavy atom. The summed E-state index contributed by atoms with van der Waals surface area (Å²) in [5.41, 5.74) is 13.0. The van der Waals surface area contributed by atoms with Gasteiger partial charge in [0.1, 0.15) is 0 Å². The Hall–Kier alpha value is -6.32. The number of benzene rings is 7. The van der Waals surface area contributed by atoms with Crippen molar-refractivity contribution in [2.75, 3.05) is 21.4 Å². The fraction of sp³-hybridized carbons (Fsp3) is 0.0962. The Morgan fingerprint density at radius 1 is 0.517 bits per heavy atom. The van der Waals surface area contributed by atoms with Crippen LogP contribution in [0.5, 0.6) is 11.5 Å². The Balaban J connectivity index is 1.04. The van der Waals surface area contributed by atoms with E-state index in [1.807, 2.05) is 18.3 Å².